The maximum Gasteiger partial charge on any atom is 0.282 e. The molecule has 0 saturated carbocycles. The lowest BCUT2D eigenvalue weighted by Crippen LogP contribution is -1.90. The molecule has 14 heavy (non-hydrogen) atoms. The van der Waals surface area contributed by atoms with Crippen LogP contribution in [0.3, 0.4) is 0 Å². The number of thioether (sulfide) groups is 1. The van der Waals surface area contributed by atoms with Gasteiger partial charge < -0.3 is 0 Å². The molecule has 72 valence electrons. The van der Waals surface area contributed by atoms with Crippen LogP contribution < -0.4 is 0 Å². The Balaban J connectivity index is 2.75. The molecule has 0 atom stereocenters. The Bertz CT molecular complexity index is 371. The highest BCUT2D eigenvalue weighted by Crippen LogP contribution is 2.28. The Morgan fingerprint density at radius 3 is 2.86 bits per heavy atom. The summed E-state index contributed by atoms with van der Waals surface area (Å²) < 4.78 is 0. The Labute approximate surface area is 86.7 Å². The summed E-state index contributed by atoms with van der Waals surface area (Å²) in [7, 11) is 0. The zero-order valence-corrected chi connectivity index (χ0v) is 8.29. The largest absolute Gasteiger partial charge is 0.282 e. The van der Waals surface area contributed by atoms with Crippen molar-refractivity contribution in [3.8, 4) is 12.3 Å². The van der Waals surface area contributed by atoms with Crippen LogP contribution in [0.1, 0.15) is 6.42 Å². The number of para-hydroxylation sites is 1. The fourth-order valence-corrected chi connectivity index (χ4v) is 1.86. The van der Waals surface area contributed by atoms with Gasteiger partial charge in [-0.1, -0.05) is 12.1 Å². The third-order valence-corrected chi connectivity index (χ3v) is 2.63. The summed E-state index contributed by atoms with van der Waals surface area (Å²) in [6, 6.07) is 6.67. The van der Waals surface area contributed by atoms with E-state index in [-0.39, 0.29) is 10.6 Å². The van der Waals surface area contributed by atoms with Gasteiger partial charge >= 0.3 is 0 Å². The fourth-order valence-electron chi connectivity index (χ4n) is 0.950. The van der Waals surface area contributed by atoms with E-state index in [1.807, 2.05) is 0 Å². The maximum absolute atomic E-state index is 10.6. The van der Waals surface area contributed by atoms with Gasteiger partial charge in [0.1, 0.15) is 0 Å². The van der Waals surface area contributed by atoms with E-state index in [0.717, 1.165) is 0 Å². The molecule has 0 aliphatic rings. The van der Waals surface area contributed by atoms with Crippen LogP contribution in [-0.2, 0) is 0 Å². The van der Waals surface area contributed by atoms with Crippen molar-refractivity contribution < 1.29 is 4.92 Å². The molecule has 0 heterocycles. The van der Waals surface area contributed by atoms with Crippen molar-refractivity contribution in [3.63, 3.8) is 0 Å². The van der Waals surface area contributed by atoms with Crippen LogP contribution in [-0.4, -0.2) is 10.7 Å². The number of hydrogen-bond donors (Lipinski definition) is 0. The average Bonchev–Trinajstić information content (AvgIpc) is 2.19. The van der Waals surface area contributed by atoms with Crippen LogP contribution in [0.15, 0.2) is 29.2 Å². The van der Waals surface area contributed by atoms with Crippen LogP contribution in [0.25, 0.3) is 0 Å². The van der Waals surface area contributed by atoms with Gasteiger partial charge in [-0.3, -0.25) is 10.1 Å². The molecule has 0 aromatic heterocycles. The summed E-state index contributed by atoms with van der Waals surface area (Å²) in [5.41, 5.74) is 0.148. The third-order valence-electron chi connectivity index (χ3n) is 1.57. The molecule has 0 aliphatic carbocycles. The zero-order valence-electron chi connectivity index (χ0n) is 7.47. The van der Waals surface area contributed by atoms with E-state index in [4.69, 9.17) is 6.42 Å². The lowest BCUT2D eigenvalue weighted by atomic mass is 10.3. The second-order valence-corrected chi connectivity index (χ2v) is 3.66. The maximum atomic E-state index is 10.6. The first kappa shape index (κ1) is 10.6. The van der Waals surface area contributed by atoms with Gasteiger partial charge in [0.15, 0.2) is 0 Å². The molecular weight excluding hydrogens is 198 g/mol. The van der Waals surface area contributed by atoms with Crippen LogP contribution in [0.5, 0.6) is 0 Å². The third kappa shape index (κ3) is 2.79. The standard InChI is InChI=1S/C10H9NO2S/c1-2-3-8-14-10-7-5-4-6-9(10)11(12)13/h1,4-7H,3,8H2. The van der Waals surface area contributed by atoms with Crippen molar-refractivity contribution in [3.05, 3.63) is 34.4 Å². The van der Waals surface area contributed by atoms with Crippen molar-refractivity contribution in [1.29, 1.82) is 0 Å². The lowest BCUT2D eigenvalue weighted by Gasteiger charge is -1.99. The number of nitro groups is 1. The van der Waals surface area contributed by atoms with E-state index in [1.54, 1.807) is 18.2 Å². The highest BCUT2D eigenvalue weighted by molar-refractivity contribution is 7.99. The molecule has 0 aliphatic heterocycles. The Hall–Kier alpha value is -1.47. The van der Waals surface area contributed by atoms with Gasteiger partial charge in [0.25, 0.3) is 5.69 Å². The van der Waals surface area contributed by atoms with Gasteiger partial charge in [-0.25, -0.2) is 0 Å². The van der Waals surface area contributed by atoms with Gasteiger partial charge in [-0.05, 0) is 6.07 Å². The molecular formula is C10H9NO2S. The number of terminal acetylenes is 1. The molecule has 0 fully saturated rings. The number of nitro benzene ring substituents is 1. The quantitative estimate of drug-likeness (QED) is 0.251. The van der Waals surface area contributed by atoms with E-state index in [9.17, 15) is 10.1 Å². The van der Waals surface area contributed by atoms with Gasteiger partial charge in [0, 0.05) is 18.2 Å². The number of rotatable bonds is 4. The molecule has 0 spiro atoms. The van der Waals surface area contributed by atoms with Crippen molar-refractivity contribution in [1.82, 2.24) is 0 Å². The van der Waals surface area contributed by atoms with Crippen molar-refractivity contribution in [2.75, 3.05) is 5.75 Å². The Morgan fingerprint density at radius 1 is 1.50 bits per heavy atom. The van der Waals surface area contributed by atoms with Crippen LogP contribution in [0, 0.1) is 22.5 Å². The second kappa shape index (κ2) is 5.30. The number of nitrogens with zero attached hydrogens (tertiary/aromatic N) is 1. The molecule has 1 aromatic rings. The SMILES string of the molecule is C#CCCSc1ccccc1[N+](=O)[O-]. The summed E-state index contributed by atoms with van der Waals surface area (Å²) in [5, 5.41) is 10.6. The fraction of sp³-hybridized carbons (Fsp3) is 0.200. The highest BCUT2D eigenvalue weighted by atomic mass is 32.2. The molecule has 1 rings (SSSR count). The zero-order chi connectivity index (χ0) is 10.4. The number of hydrogen-bond acceptors (Lipinski definition) is 3. The first-order chi connectivity index (χ1) is 6.75. The minimum Gasteiger partial charge on any atom is -0.258 e. The topological polar surface area (TPSA) is 43.1 Å². The van der Waals surface area contributed by atoms with E-state index in [1.165, 1.54) is 17.8 Å². The van der Waals surface area contributed by atoms with Crippen molar-refractivity contribution in [2.45, 2.75) is 11.3 Å². The predicted molar refractivity (Wildman–Crippen MR) is 57.3 cm³/mol. The van der Waals surface area contributed by atoms with Gasteiger partial charge in [0.05, 0.1) is 9.82 Å². The highest BCUT2D eigenvalue weighted by Gasteiger charge is 2.11. The van der Waals surface area contributed by atoms with Crippen LogP contribution in [0.4, 0.5) is 5.69 Å². The van der Waals surface area contributed by atoms with E-state index >= 15 is 0 Å². The second-order valence-electron chi connectivity index (χ2n) is 2.53. The normalized spacial score (nSPS) is 9.36. The van der Waals surface area contributed by atoms with Gasteiger partial charge in [-0.15, -0.1) is 24.1 Å². The average molecular weight is 207 g/mol. The summed E-state index contributed by atoms with van der Waals surface area (Å²) in [6.45, 7) is 0. The summed E-state index contributed by atoms with van der Waals surface area (Å²) in [5.74, 6) is 3.21. The molecule has 0 amide bonds. The summed E-state index contributed by atoms with van der Waals surface area (Å²) in [6.07, 6.45) is 5.72. The molecule has 0 N–H and O–H groups in total. The van der Waals surface area contributed by atoms with E-state index < -0.39 is 0 Å². The molecule has 3 nitrogen and oxygen atoms in total. The van der Waals surface area contributed by atoms with E-state index in [0.29, 0.717) is 17.1 Å². The minimum atomic E-state index is -0.377. The summed E-state index contributed by atoms with van der Waals surface area (Å²) in [4.78, 5) is 10.9. The van der Waals surface area contributed by atoms with Gasteiger partial charge in [0.2, 0.25) is 0 Å². The molecule has 0 radical (unpaired) electrons. The lowest BCUT2D eigenvalue weighted by molar-refractivity contribution is -0.387. The molecule has 0 unspecified atom stereocenters. The smallest absolute Gasteiger partial charge is 0.258 e. The summed E-state index contributed by atoms with van der Waals surface area (Å²) >= 11 is 1.42. The van der Waals surface area contributed by atoms with Crippen molar-refractivity contribution in [2.24, 2.45) is 0 Å². The molecule has 0 saturated heterocycles. The van der Waals surface area contributed by atoms with Crippen LogP contribution >= 0.6 is 11.8 Å². The molecule has 0 bridgehead atoms. The van der Waals surface area contributed by atoms with E-state index in [2.05, 4.69) is 5.92 Å². The van der Waals surface area contributed by atoms with Crippen LogP contribution in [0.2, 0.25) is 0 Å². The Kier molecular flexibility index (Phi) is 4.02. The number of benzene rings is 1. The first-order valence-electron chi connectivity index (χ1n) is 4.05. The van der Waals surface area contributed by atoms with Gasteiger partial charge in [-0.2, -0.15) is 0 Å². The minimum absolute atomic E-state index is 0.148. The first-order valence-corrected chi connectivity index (χ1v) is 5.04. The monoisotopic (exact) mass is 207 g/mol. The predicted octanol–water partition coefficient (Wildman–Crippen LogP) is 2.71. The van der Waals surface area contributed by atoms with Crippen molar-refractivity contribution >= 4 is 17.4 Å². The molecule has 4 heteroatoms. The molecule has 1 aromatic carbocycles. The Morgan fingerprint density at radius 2 is 2.21 bits per heavy atom.